The van der Waals surface area contributed by atoms with E-state index in [-0.39, 0.29) is 0 Å². The fourth-order valence-corrected chi connectivity index (χ4v) is 1.63. The maximum absolute atomic E-state index is 2.49. The first-order valence-electron chi connectivity index (χ1n) is 6.01. The lowest BCUT2D eigenvalue weighted by Gasteiger charge is -2.18. The summed E-state index contributed by atoms with van der Waals surface area (Å²) in [5.41, 5.74) is 3.11. The minimum absolute atomic E-state index is 0.751. The molecule has 0 saturated carbocycles. The summed E-state index contributed by atoms with van der Waals surface area (Å²) in [4.78, 5) is 0. The molecule has 0 heterocycles. The third kappa shape index (κ3) is 4.83. The van der Waals surface area contributed by atoms with Gasteiger partial charge in [0.15, 0.2) is 0 Å². The molecule has 0 aliphatic heterocycles. The van der Waals surface area contributed by atoms with Crippen LogP contribution in [0.3, 0.4) is 0 Å². The molecule has 0 fully saturated rings. The fourth-order valence-electron chi connectivity index (χ4n) is 1.63. The van der Waals surface area contributed by atoms with E-state index in [1.165, 1.54) is 24.8 Å². The minimum Gasteiger partial charge on any atom is -0.0772 e. The van der Waals surface area contributed by atoms with Crippen LogP contribution in [0.15, 0.2) is 11.1 Å². The summed E-state index contributed by atoms with van der Waals surface area (Å²) in [6, 6.07) is 0. The van der Waals surface area contributed by atoms with Crippen LogP contribution in [0.4, 0.5) is 0 Å². The molecule has 0 aromatic carbocycles. The highest BCUT2D eigenvalue weighted by atomic mass is 14.2. The smallest absolute Gasteiger partial charge is 0.0284 e. The standard InChI is InChI=1S/C14H27/c1-7-12(5)13(6)9-10-14(8-2)11(3)4/h9,12-13H,7-8,10H2,1-6H3. The lowest BCUT2D eigenvalue weighted by molar-refractivity contribution is 0.416. The van der Waals surface area contributed by atoms with Crippen LogP contribution in [-0.2, 0) is 0 Å². The van der Waals surface area contributed by atoms with Gasteiger partial charge in [0, 0.05) is 0 Å². The number of hydrogen-bond acceptors (Lipinski definition) is 0. The summed E-state index contributed by atoms with van der Waals surface area (Å²) in [5.74, 6) is 1.58. The molecule has 0 heteroatoms. The Morgan fingerprint density at radius 2 is 1.71 bits per heavy atom. The van der Waals surface area contributed by atoms with Gasteiger partial charge >= 0.3 is 0 Å². The van der Waals surface area contributed by atoms with Crippen LogP contribution in [-0.4, -0.2) is 0 Å². The van der Waals surface area contributed by atoms with Gasteiger partial charge in [0.05, 0.1) is 0 Å². The third-order valence-corrected chi connectivity index (χ3v) is 3.41. The second kappa shape index (κ2) is 7.09. The Kier molecular flexibility index (Phi) is 6.96. The van der Waals surface area contributed by atoms with Crippen molar-refractivity contribution in [3.05, 3.63) is 17.6 Å². The molecule has 2 unspecified atom stereocenters. The summed E-state index contributed by atoms with van der Waals surface area (Å²) < 4.78 is 0. The van der Waals surface area contributed by atoms with Gasteiger partial charge in [-0.05, 0) is 44.9 Å². The highest BCUT2D eigenvalue weighted by Gasteiger charge is 2.10. The Morgan fingerprint density at radius 1 is 1.14 bits per heavy atom. The minimum atomic E-state index is 0.751. The van der Waals surface area contributed by atoms with Crippen LogP contribution < -0.4 is 0 Å². The van der Waals surface area contributed by atoms with Crippen molar-refractivity contribution in [1.29, 1.82) is 0 Å². The van der Waals surface area contributed by atoms with Gasteiger partial charge < -0.3 is 0 Å². The monoisotopic (exact) mass is 195 g/mol. The lowest BCUT2D eigenvalue weighted by Crippen LogP contribution is -2.07. The van der Waals surface area contributed by atoms with Crippen molar-refractivity contribution in [2.45, 2.75) is 60.8 Å². The van der Waals surface area contributed by atoms with Crippen LogP contribution in [0.1, 0.15) is 60.8 Å². The highest BCUT2D eigenvalue weighted by Crippen LogP contribution is 2.23. The summed E-state index contributed by atoms with van der Waals surface area (Å²) in [7, 11) is 0. The highest BCUT2D eigenvalue weighted by molar-refractivity contribution is 5.12. The normalized spacial score (nSPS) is 15.0. The van der Waals surface area contributed by atoms with Crippen LogP contribution in [0.25, 0.3) is 0 Å². The molecule has 0 nitrogen and oxygen atoms in total. The van der Waals surface area contributed by atoms with Crippen molar-refractivity contribution in [2.75, 3.05) is 0 Å². The van der Waals surface area contributed by atoms with Gasteiger partial charge in [-0.25, -0.2) is 0 Å². The van der Waals surface area contributed by atoms with E-state index in [1.807, 2.05) is 0 Å². The van der Waals surface area contributed by atoms with Gasteiger partial charge in [-0.3, -0.25) is 0 Å². The average Bonchev–Trinajstić information content (AvgIpc) is 2.16. The van der Waals surface area contributed by atoms with Crippen molar-refractivity contribution >= 4 is 0 Å². The molecule has 0 aliphatic rings. The van der Waals surface area contributed by atoms with Gasteiger partial charge in [0.2, 0.25) is 0 Å². The van der Waals surface area contributed by atoms with Crippen molar-refractivity contribution in [3.63, 3.8) is 0 Å². The van der Waals surface area contributed by atoms with E-state index in [4.69, 9.17) is 0 Å². The Bertz CT molecular complexity index is 172. The van der Waals surface area contributed by atoms with Crippen LogP contribution in [0.2, 0.25) is 0 Å². The zero-order valence-corrected chi connectivity index (χ0v) is 10.9. The summed E-state index contributed by atoms with van der Waals surface area (Å²) in [6.07, 6.45) is 6.16. The zero-order valence-electron chi connectivity index (χ0n) is 10.9. The van der Waals surface area contributed by atoms with Crippen LogP contribution >= 0.6 is 0 Å². The predicted molar refractivity (Wildman–Crippen MR) is 66.2 cm³/mol. The van der Waals surface area contributed by atoms with Gasteiger partial charge in [0.25, 0.3) is 0 Å². The van der Waals surface area contributed by atoms with Crippen molar-refractivity contribution in [3.8, 4) is 0 Å². The van der Waals surface area contributed by atoms with E-state index < -0.39 is 0 Å². The van der Waals surface area contributed by atoms with E-state index in [9.17, 15) is 0 Å². The van der Waals surface area contributed by atoms with E-state index >= 15 is 0 Å². The first-order valence-corrected chi connectivity index (χ1v) is 6.01. The van der Waals surface area contributed by atoms with Gasteiger partial charge in [-0.1, -0.05) is 45.3 Å². The van der Waals surface area contributed by atoms with Gasteiger partial charge in [-0.15, -0.1) is 0 Å². The zero-order chi connectivity index (χ0) is 11.1. The molecule has 0 aliphatic carbocycles. The maximum atomic E-state index is 2.49. The predicted octanol–water partition coefficient (Wildman–Crippen LogP) is 5.01. The third-order valence-electron chi connectivity index (χ3n) is 3.41. The molecule has 14 heavy (non-hydrogen) atoms. The summed E-state index contributed by atoms with van der Waals surface area (Å²) >= 11 is 0. The molecule has 0 rings (SSSR count). The molecule has 0 bridgehead atoms. The fraction of sp³-hybridized carbons (Fsp3) is 0.786. The molecular formula is C14H27. The Labute approximate surface area is 90.8 Å². The first kappa shape index (κ1) is 13.7. The largest absolute Gasteiger partial charge is 0.0772 e. The molecule has 0 aromatic heterocycles. The summed E-state index contributed by atoms with van der Waals surface area (Å²) in [5, 5.41) is 0. The van der Waals surface area contributed by atoms with Crippen molar-refractivity contribution in [2.24, 2.45) is 11.8 Å². The molecule has 1 radical (unpaired) electrons. The number of allylic oxidation sites excluding steroid dienone is 2. The topological polar surface area (TPSA) is 0 Å². The first-order chi connectivity index (χ1) is 6.52. The van der Waals surface area contributed by atoms with E-state index in [1.54, 1.807) is 5.57 Å². The van der Waals surface area contributed by atoms with E-state index in [0.29, 0.717) is 0 Å². The Hall–Kier alpha value is -0.260. The lowest BCUT2D eigenvalue weighted by atomic mass is 9.87. The molecule has 83 valence electrons. The quantitative estimate of drug-likeness (QED) is 0.523. The molecule has 0 amide bonds. The molecule has 0 spiro atoms. The second-order valence-electron chi connectivity index (χ2n) is 4.64. The van der Waals surface area contributed by atoms with Gasteiger partial charge in [-0.2, -0.15) is 0 Å². The number of rotatable bonds is 6. The second-order valence-corrected chi connectivity index (χ2v) is 4.64. The van der Waals surface area contributed by atoms with Gasteiger partial charge in [0.1, 0.15) is 0 Å². The van der Waals surface area contributed by atoms with E-state index in [2.05, 4.69) is 48.0 Å². The van der Waals surface area contributed by atoms with Crippen molar-refractivity contribution in [1.82, 2.24) is 0 Å². The average molecular weight is 195 g/mol. The molecule has 0 saturated heterocycles. The van der Waals surface area contributed by atoms with Crippen LogP contribution in [0.5, 0.6) is 0 Å². The molecule has 2 atom stereocenters. The number of hydrogen-bond donors (Lipinski definition) is 0. The van der Waals surface area contributed by atoms with E-state index in [0.717, 1.165) is 11.8 Å². The van der Waals surface area contributed by atoms with Crippen molar-refractivity contribution < 1.29 is 0 Å². The SMILES string of the molecule is CCC(C[CH]C(C)C(C)CC)=C(C)C. The molecule has 0 aromatic rings. The molecule has 0 N–H and O–H groups in total. The maximum Gasteiger partial charge on any atom is -0.0284 e. The Balaban J connectivity index is 3.98. The molecular weight excluding hydrogens is 168 g/mol. The van der Waals surface area contributed by atoms with Crippen LogP contribution in [0, 0.1) is 18.3 Å². The summed E-state index contributed by atoms with van der Waals surface area (Å²) in [6.45, 7) is 13.7. The Morgan fingerprint density at radius 3 is 2.07 bits per heavy atom.